The summed E-state index contributed by atoms with van der Waals surface area (Å²) in [4.78, 5) is 11.6. The number of nitrogens with one attached hydrogen (secondary N) is 1. The van der Waals surface area contributed by atoms with Crippen LogP contribution in [0.1, 0.15) is 51.3 Å². The van der Waals surface area contributed by atoms with E-state index in [2.05, 4.69) is 39.3 Å². The second kappa shape index (κ2) is 7.27. The number of hydrogen-bond donors (Lipinski definition) is 2. The predicted molar refractivity (Wildman–Crippen MR) is 119 cm³/mol. The van der Waals surface area contributed by atoms with Crippen LogP contribution < -0.4 is 4.72 Å². The molecule has 2 N–H and O–H groups in total. The Morgan fingerprint density at radius 3 is 2.25 bits per heavy atom. The van der Waals surface area contributed by atoms with Crippen LogP contribution in [0.2, 0.25) is 0 Å². The van der Waals surface area contributed by atoms with Crippen molar-refractivity contribution in [2.24, 2.45) is 10.8 Å². The molecule has 2 heterocycles. The van der Waals surface area contributed by atoms with Gasteiger partial charge in [0.05, 0.1) is 11.5 Å². The van der Waals surface area contributed by atoms with Crippen molar-refractivity contribution in [3.8, 4) is 5.75 Å². The molecule has 0 saturated carbocycles. The number of ether oxygens (including phenoxy) is 1. The van der Waals surface area contributed by atoms with E-state index >= 15 is 0 Å². The van der Waals surface area contributed by atoms with E-state index in [1.165, 1.54) is 0 Å². The highest BCUT2D eigenvalue weighted by Gasteiger charge is 2.81. The summed E-state index contributed by atoms with van der Waals surface area (Å²) in [6.45, 7) is 12.7. The van der Waals surface area contributed by atoms with Gasteiger partial charge in [-0.25, -0.2) is 18.0 Å². The van der Waals surface area contributed by atoms with Crippen LogP contribution in [-0.2, 0) is 36.9 Å². The second-order valence-electron chi connectivity index (χ2n) is 10.4. The molecule has 0 radical (unpaired) electrons. The molecule has 0 amide bonds. The number of rotatable bonds is 5. The van der Waals surface area contributed by atoms with Crippen LogP contribution in [0.4, 0.5) is 0 Å². The Bertz CT molecular complexity index is 1140. The third kappa shape index (κ3) is 3.20. The average Bonchev–Trinajstić information content (AvgIpc) is 2.82. The molecule has 2 aromatic carbocycles. The van der Waals surface area contributed by atoms with E-state index in [1.54, 1.807) is 42.5 Å². The molecule has 2 saturated heterocycles. The van der Waals surface area contributed by atoms with Crippen molar-refractivity contribution < 1.29 is 28.0 Å². The van der Waals surface area contributed by atoms with Crippen LogP contribution in [0.3, 0.4) is 0 Å². The summed E-state index contributed by atoms with van der Waals surface area (Å²) in [5.41, 5.74) is 0.646. The highest BCUT2D eigenvalue weighted by atomic mass is 32.2. The van der Waals surface area contributed by atoms with E-state index in [4.69, 9.17) is 14.5 Å². The van der Waals surface area contributed by atoms with Crippen LogP contribution in [0, 0.1) is 17.8 Å². The quantitative estimate of drug-likeness (QED) is 0.650. The topological polar surface area (TPSA) is 94.1 Å². The fraction of sp³-hybridized carbons (Fsp3) is 0.500. The minimum absolute atomic E-state index is 0.0462. The molecule has 8 heteroatoms. The van der Waals surface area contributed by atoms with Gasteiger partial charge in [-0.1, -0.05) is 64.4 Å². The van der Waals surface area contributed by atoms with Gasteiger partial charge in [-0.3, -0.25) is 0 Å². The summed E-state index contributed by atoms with van der Waals surface area (Å²) >= 11 is 0. The molecule has 0 aromatic heterocycles. The molecule has 174 valence electrons. The van der Waals surface area contributed by atoms with E-state index in [0.29, 0.717) is 17.7 Å². The first-order valence-corrected chi connectivity index (χ1v) is 12.1. The number of hydrogen-bond acceptors (Lipinski definition) is 6. The number of aromatic hydroxyl groups is 1. The predicted octanol–water partition coefficient (Wildman–Crippen LogP) is 4.14. The highest BCUT2D eigenvalue weighted by molar-refractivity contribution is 7.89. The van der Waals surface area contributed by atoms with Gasteiger partial charge in [0, 0.05) is 28.5 Å². The first-order chi connectivity index (χ1) is 14.8. The van der Waals surface area contributed by atoms with Crippen molar-refractivity contribution in [1.29, 1.82) is 0 Å². The molecule has 7 nitrogen and oxygen atoms in total. The standard InChI is InChI=1S/C24H31NO6S/c1-16-7-11-19(12-8-16)32(27,28)25-14-17-9-10-18(13-20(17)26)23-24(31-30-23,21(2,3)4)22(5,6)15-29-23/h7-13,25-26H,14-15H2,1-6H3. The smallest absolute Gasteiger partial charge is 0.261 e. The lowest BCUT2D eigenvalue weighted by Crippen LogP contribution is -2.73. The van der Waals surface area contributed by atoms with Gasteiger partial charge < -0.3 is 9.84 Å². The lowest BCUT2D eigenvalue weighted by molar-refractivity contribution is -0.626. The molecule has 2 aromatic rings. The Morgan fingerprint density at radius 2 is 1.72 bits per heavy atom. The van der Waals surface area contributed by atoms with Gasteiger partial charge in [-0.15, -0.1) is 0 Å². The fourth-order valence-corrected chi connectivity index (χ4v) is 6.14. The number of phenolic OH excluding ortho intramolecular Hbond substituents is 1. The number of benzene rings is 2. The zero-order chi connectivity index (χ0) is 23.6. The second-order valence-corrected chi connectivity index (χ2v) is 12.1. The van der Waals surface area contributed by atoms with Crippen molar-refractivity contribution in [2.75, 3.05) is 6.61 Å². The van der Waals surface area contributed by atoms with Gasteiger partial charge in [-0.2, -0.15) is 4.89 Å². The molecule has 2 atom stereocenters. The van der Waals surface area contributed by atoms with Crippen molar-refractivity contribution in [3.63, 3.8) is 0 Å². The Labute approximate surface area is 189 Å². The summed E-state index contributed by atoms with van der Waals surface area (Å²) in [5.74, 6) is -1.19. The fourth-order valence-electron chi connectivity index (χ4n) is 5.13. The first-order valence-electron chi connectivity index (χ1n) is 10.7. The Hall–Kier alpha value is -1.97. The number of phenols is 1. The number of fused-ring (bicyclic) bond motifs is 1. The van der Waals surface area contributed by atoms with Gasteiger partial charge in [-0.05, 0) is 25.1 Å². The largest absolute Gasteiger partial charge is 0.508 e. The maximum Gasteiger partial charge on any atom is 0.261 e. The maximum absolute atomic E-state index is 12.6. The normalized spacial score (nSPS) is 27.1. The molecule has 0 spiro atoms. The van der Waals surface area contributed by atoms with Gasteiger partial charge in [0.15, 0.2) is 5.60 Å². The minimum atomic E-state index is -3.70. The lowest BCUT2D eigenvalue weighted by atomic mass is 9.57. The Kier molecular flexibility index (Phi) is 5.27. The monoisotopic (exact) mass is 461 g/mol. The van der Waals surface area contributed by atoms with E-state index in [0.717, 1.165) is 5.56 Å². The van der Waals surface area contributed by atoms with Gasteiger partial charge in [0.25, 0.3) is 5.79 Å². The van der Waals surface area contributed by atoms with Gasteiger partial charge in [0.2, 0.25) is 10.0 Å². The zero-order valence-electron chi connectivity index (χ0n) is 19.4. The molecular weight excluding hydrogens is 430 g/mol. The van der Waals surface area contributed by atoms with Crippen LogP contribution in [0.5, 0.6) is 5.75 Å². The van der Waals surface area contributed by atoms with Crippen molar-refractivity contribution in [3.05, 3.63) is 59.2 Å². The van der Waals surface area contributed by atoms with Crippen LogP contribution in [0.15, 0.2) is 47.4 Å². The van der Waals surface area contributed by atoms with E-state index < -0.39 is 21.4 Å². The molecular formula is C24H31NO6S. The van der Waals surface area contributed by atoms with Gasteiger partial charge >= 0.3 is 0 Å². The highest BCUT2D eigenvalue weighted by Crippen LogP contribution is 2.69. The molecule has 32 heavy (non-hydrogen) atoms. The number of sulfonamides is 1. The van der Waals surface area contributed by atoms with Crippen LogP contribution in [0.25, 0.3) is 0 Å². The molecule has 2 aliphatic rings. The Balaban J connectivity index is 1.60. The van der Waals surface area contributed by atoms with Crippen molar-refractivity contribution >= 4 is 10.0 Å². The van der Waals surface area contributed by atoms with Crippen LogP contribution >= 0.6 is 0 Å². The zero-order valence-corrected chi connectivity index (χ0v) is 20.2. The molecule has 2 aliphatic heterocycles. The number of aryl methyl sites for hydroxylation is 1. The summed E-state index contributed by atoms with van der Waals surface area (Å²) in [6, 6.07) is 11.6. The summed E-state index contributed by atoms with van der Waals surface area (Å²) in [7, 11) is -3.70. The lowest BCUT2D eigenvalue weighted by Gasteiger charge is -2.61. The third-order valence-corrected chi connectivity index (χ3v) is 8.06. The SMILES string of the molecule is Cc1ccc(S(=O)(=O)NCc2ccc(C34OCC(C)(C)C3(C(C)(C)C)OO4)cc2O)cc1. The Morgan fingerprint density at radius 1 is 1.06 bits per heavy atom. The van der Waals surface area contributed by atoms with Gasteiger partial charge in [0.1, 0.15) is 5.75 Å². The average molecular weight is 462 g/mol. The van der Waals surface area contributed by atoms with Crippen molar-refractivity contribution in [2.45, 2.75) is 64.4 Å². The third-order valence-electron chi connectivity index (χ3n) is 6.64. The van der Waals surface area contributed by atoms with Crippen LogP contribution in [-0.4, -0.2) is 25.7 Å². The molecule has 2 fully saturated rings. The molecule has 2 unspecified atom stereocenters. The summed E-state index contributed by atoms with van der Waals surface area (Å²) in [5, 5.41) is 10.7. The molecule has 0 bridgehead atoms. The van der Waals surface area contributed by atoms with E-state index in [9.17, 15) is 13.5 Å². The molecule has 0 aliphatic carbocycles. The van der Waals surface area contributed by atoms with E-state index in [1.807, 2.05) is 6.92 Å². The van der Waals surface area contributed by atoms with E-state index in [-0.39, 0.29) is 28.0 Å². The molecule has 4 rings (SSSR count). The maximum atomic E-state index is 12.6. The van der Waals surface area contributed by atoms with Crippen molar-refractivity contribution in [1.82, 2.24) is 4.72 Å². The first kappa shape index (κ1) is 23.2. The summed E-state index contributed by atoms with van der Waals surface area (Å²) in [6.07, 6.45) is 0. The minimum Gasteiger partial charge on any atom is -0.508 e. The summed E-state index contributed by atoms with van der Waals surface area (Å²) < 4.78 is 33.9.